The molecule has 2 heterocycles. The van der Waals surface area contributed by atoms with Gasteiger partial charge in [0.15, 0.2) is 5.11 Å². The highest BCUT2D eigenvalue weighted by Crippen LogP contribution is 2.40. The molecule has 0 bridgehead atoms. The fourth-order valence-electron chi connectivity index (χ4n) is 3.51. The largest absolute Gasteiger partial charge is 0.497 e. The molecular formula is C19H21N3OS. The summed E-state index contributed by atoms with van der Waals surface area (Å²) in [4.78, 5) is 2.25. The smallest absolute Gasteiger partial charge is 0.192 e. The molecule has 24 heavy (non-hydrogen) atoms. The summed E-state index contributed by atoms with van der Waals surface area (Å²) in [6, 6.07) is 16.9. The Hall–Kier alpha value is -2.11. The lowest BCUT2D eigenvalue weighted by molar-refractivity contribution is 0.0923. The van der Waals surface area contributed by atoms with Crippen LogP contribution in [0.4, 0.5) is 5.69 Å². The summed E-state index contributed by atoms with van der Waals surface area (Å²) >= 11 is 5.80. The Kier molecular flexibility index (Phi) is 3.90. The maximum atomic E-state index is 5.80. The van der Waals surface area contributed by atoms with E-state index >= 15 is 0 Å². The molecule has 4 nitrogen and oxygen atoms in total. The molecule has 0 aliphatic carbocycles. The Balaban J connectivity index is 1.76. The second-order valence-corrected chi connectivity index (χ2v) is 6.64. The van der Waals surface area contributed by atoms with Gasteiger partial charge in [-0.2, -0.15) is 5.01 Å². The summed E-state index contributed by atoms with van der Waals surface area (Å²) < 4.78 is 5.29. The van der Waals surface area contributed by atoms with Gasteiger partial charge in [-0.25, -0.2) is 0 Å². The van der Waals surface area contributed by atoms with Crippen molar-refractivity contribution < 1.29 is 4.74 Å². The molecule has 2 aliphatic heterocycles. The molecule has 2 fully saturated rings. The second-order valence-electron chi connectivity index (χ2n) is 6.27. The quantitative estimate of drug-likeness (QED) is 0.791. The van der Waals surface area contributed by atoms with Gasteiger partial charge in [-0.3, -0.25) is 9.91 Å². The van der Waals surface area contributed by atoms with E-state index in [1.165, 1.54) is 11.1 Å². The zero-order chi connectivity index (χ0) is 16.7. The summed E-state index contributed by atoms with van der Waals surface area (Å²) in [5.74, 6) is 0.858. The average molecular weight is 339 g/mol. The van der Waals surface area contributed by atoms with Gasteiger partial charge in [-0.15, -0.1) is 0 Å². The van der Waals surface area contributed by atoms with Crippen LogP contribution in [0.3, 0.4) is 0 Å². The minimum Gasteiger partial charge on any atom is -0.497 e. The van der Waals surface area contributed by atoms with Gasteiger partial charge < -0.3 is 4.74 Å². The van der Waals surface area contributed by atoms with Gasteiger partial charge in [0, 0.05) is 18.8 Å². The van der Waals surface area contributed by atoms with Crippen LogP contribution in [0.1, 0.15) is 23.7 Å². The predicted octanol–water partition coefficient (Wildman–Crippen LogP) is 3.73. The highest BCUT2D eigenvalue weighted by atomic mass is 32.1. The summed E-state index contributed by atoms with van der Waals surface area (Å²) in [7, 11) is 1.69. The fraction of sp³-hybridized carbons (Fsp3) is 0.316. The Morgan fingerprint density at radius 3 is 2.38 bits per heavy atom. The Labute approximate surface area is 148 Å². The van der Waals surface area contributed by atoms with Crippen LogP contribution in [0.5, 0.6) is 5.75 Å². The topological polar surface area (TPSA) is 19.0 Å². The van der Waals surface area contributed by atoms with Crippen LogP contribution in [0.25, 0.3) is 0 Å². The minimum absolute atomic E-state index is 0.119. The standard InChI is InChI=1S/C19H21N3OS/c1-14-4-6-15(7-5-14)18-20-12-3-13-21(20)19(24)22(18)16-8-10-17(23-2)11-9-16/h4-11,18H,3,12-13H2,1-2H3/t18-/m1/s1. The van der Waals surface area contributed by atoms with E-state index in [-0.39, 0.29) is 6.17 Å². The number of thiocarbonyl (C=S) groups is 1. The first kappa shape index (κ1) is 15.4. The summed E-state index contributed by atoms with van der Waals surface area (Å²) in [6.07, 6.45) is 1.27. The van der Waals surface area contributed by atoms with E-state index in [0.29, 0.717) is 0 Å². The second kappa shape index (κ2) is 6.07. The zero-order valence-corrected chi connectivity index (χ0v) is 14.8. The summed E-state index contributed by atoms with van der Waals surface area (Å²) in [6.45, 7) is 4.14. The number of anilines is 1. The lowest BCUT2D eigenvalue weighted by atomic mass is 10.1. The average Bonchev–Trinajstić information content (AvgIpc) is 3.18. The monoisotopic (exact) mass is 339 g/mol. The van der Waals surface area contributed by atoms with Gasteiger partial charge in [0.25, 0.3) is 0 Å². The maximum absolute atomic E-state index is 5.80. The van der Waals surface area contributed by atoms with E-state index in [4.69, 9.17) is 17.0 Å². The zero-order valence-electron chi connectivity index (χ0n) is 14.0. The molecule has 2 aliphatic rings. The fourth-order valence-corrected chi connectivity index (χ4v) is 3.91. The first-order valence-corrected chi connectivity index (χ1v) is 8.68. The van der Waals surface area contributed by atoms with Gasteiger partial charge in [-0.1, -0.05) is 29.8 Å². The van der Waals surface area contributed by atoms with Crippen LogP contribution in [-0.2, 0) is 0 Å². The van der Waals surface area contributed by atoms with E-state index in [0.717, 1.165) is 36.1 Å². The maximum Gasteiger partial charge on any atom is 0.192 e. The third-order valence-corrected chi connectivity index (χ3v) is 5.15. The number of methoxy groups -OCH3 is 1. The number of nitrogens with zero attached hydrogens (tertiary/aromatic N) is 3. The van der Waals surface area contributed by atoms with Crippen molar-refractivity contribution in [1.82, 2.24) is 10.0 Å². The van der Waals surface area contributed by atoms with Crippen molar-refractivity contribution in [2.24, 2.45) is 0 Å². The molecule has 0 unspecified atom stereocenters. The van der Waals surface area contributed by atoms with E-state index in [1.54, 1.807) is 7.11 Å². The first-order chi connectivity index (χ1) is 11.7. The Morgan fingerprint density at radius 2 is 1.71 bits per heavy atom. The van der Waals surface area contributed by atoms with Crippen molar-refractivity contribution in [3.63, 3.8) is 0 Å². The van der Waals surface area contributed by atoms with Crippen LogP contribution in [-0.4, -0.2) is 35.3 Å². The first-order valence-electron chi connectivity index (χ1n) is 8.27. The highest BCUT2D eigenvalue weighted by molar-refractivity contribution is 7.80. The number of hydrogen-bond acceptors (Lipinski definition) is 3. The predicted molar refractivity (Wildman–Crippen MR) is 100 cm³/mol. The lowest BCUT2D eigenvalue weighted by Crippen LogP contribution is -2.32. The van der Waals surface area contributed by atoms with Gasteiger partial charge >= 0.3 is 0 Å². The van der Waals surface area contributed by atoms with Crippen molar-refractivity contribution in [3.8, 4) is 5.75 Å². The van der Waals surface area contributed by atoms with E-state index in [2.05, 4.69) is 58.2 Å². The van der Waals surface area contributed by atoms with Crippen LogP contribution in [0.15, 0.2) is 48.5 Å². The Morgan fingerprint density at radius 1 is 1.00 bits per heavy atom. The number of rotatable bonds is 3. The Bertz CT molecular complexity index is 744. The molecule has 2 aromatic rings. The molecule has 0 radical (unpaired) electrons. The van der Waals surface area contributed by atoms with E-state index < -0.39 is 0 Å². The molecule has 0 aromatic heterocycles. The van der Waals surface area contributed by atoms with Crippen LogP contribution in [0, 0.1) is 6.92 Å². The third-order valence-electron chi connectivity index (χ3n) is 4.75. The lowest BCUT2D eigenvalue weighted by Gasteiger charge is -2.29. The molecule has 0 spiro atoms. The van der Waals surface area contributed by atoms with Crippen molar-refractivity contribution in [1.29, 1.82) is 0 Å². The van der Waals surface area contributed by atoms with Gasteiger partial charge in [-0.05, 0) is 55.4 Å². The van der Waals surface area contributed by atoms with Crippen molar-refractivity contribution in [2.75, 3.05) is 25.1 Å². The summed E-state index contributed by atoms with van der Waals surface area (Å²) in [5.41, 5.74) is 3.64. The van der Waals surface area contributed by atoms with Crippen molar-refractivity contribution >= 4 is 23.0 Å². The normalized spacial score (nSPS) is 20.6. The molecule has 4 rings (SSSR count). The number of aryl methyl sites for hydroxylation is 1. The molecule has 1 atom stereocenters. The molecule has 2 aromatic carbocycles. The molecule has 0 saturated carbocycles. The molecule has 5 heteroatoms. The molecule has 0 N–H and O–H groups in total. The molecule has 0 amide bonds. The van der Waals surface area contributed by atoms with E-state index in [9.17, 15) is 0 Å². The molecule has 124 valence electrons. The van der Waals surface area contributed by atoms with Crippen LogP contribution in [0.2, 0.25) is 0 Å². The number of hydrazine groups is 1. The highest BCUT2D eigenvalue weighted by Gasteiger charge is 2.45. The minimum atomic E-state index is 0.119. The molecule has 2 saturated heterocycles. The van der Waals surface area contributed by atoms with E-state index in [1.807, 2.05) is 12.1 Å². The SMILES string of the molecule is COc1ccc(N2C(=S)N3CCCN3[C@H]2c2ccc(C)cc2)cc1. The van der Waals surface area contributed by atoms with Crippen LogP contribution >= 0.6 is 12.2 Å². The van der Waals surface area contributed by atoms with Crippen LogP contribution < -0.4 is 9.64 Å². The molecular weight excluding hydrogens is 318 g/mol. The third kappa shape index (κ3) is 2.44. The van der Waals surface area contributed by atoms with Crippen molar-refractivity contribution in [2.45, 2.75) is 19.5 Å². The van der Waals surface area contributed by atoms with Gasteiger partial charge in [0.2, 0.25) is 0 Å². The summed E-state index contributed by atoms with van der Waals surface area (Å²) in [5, 5.41) is 5.50. The number of benzene rings is 2. The van der Waals surface area contributed by atoms with Crippen molar-refractivity contribution in [3.05, 3.63) is 59.7 Å². The van der Waals surface area contributed by atoms with Gasteiger partial charge in [0.05, 0.1) is 7.11 Å². The number of hydrogen-bond donors (Lipinski definition) is 0. The number of ether oxygens (including phenoxy) is 1. The van der Waals surface area contributed by atoms with Gasteiger partial charge in [0.1, 0.15) is 11.9 Å². The number of fused-ring (bicyclic) bond motifs is 1.